The Bertz CT molecular complexity index is 226. The van der Waals surface area contributed by atoms with Crippen LogP contribution >= 0.6 is 0 Å². The first-order chi connectivity index (χ1) is 7.35. The molecular formula is C12H27N3O. The second-order valence-corrected chi connectivity index (χ2v) is 5.25. The minimum Gasteiger partial charge on any atom is -0.409 e. The van der Waals surface area contributed by atoms with E-state index < -0.39 is 0 Å². The first-order valence-electron chi connectivity index (χ1n) is 6.06. The van der Waals surface area contributed by atoms with Gasteiger partial charge in [-0.2, -0.15) is 0 Å². The molecule has 0 rings (SSSR count). The number of amidine groups is 1. The molecule has 16 heavy (non-hydrogen) atoms. The van der Waals surface area contributed by atoms with E-state index in [1.807, 2.05) is 13.8 Å². The van der Waals surface area contributed by atoms with Crippen molar-refractivity contribution in [3.63, 3.8) is 0 Å². The van der Waals surface area contributed by atoms with Gasteiger partial charge in [0.1, 0.15) is 5.84 Å². The normalized spacial score (nSPS) is 17.2. The predicted octanol–water partition coefficient (Wildman–Crippen LogP) is 2.17. The Morgan fingerprint density at radius 2 is 2.00 bits per heavy atom. The summed E-state index contributed by atoms with van der Waals surface area (Å²) >= 11 is 0. The van der Waals surface area contributed by atoms with Gasteiger partial charge in [-0.15, -0.1) is 0 Å². The molecule has 0 bridgehead atoms. The van der Waals surface area contributed by atoms with Gasteiger partial charge in [0, 0.05) is 11.5 Å². The third-order valence-electron chi connectivity index (χ3n) is 3.51. The van der Waals surface area contributed by atoms with Crippen molar-refractivity contribution in [3.05, 3.63) is 0 Å². The van der Waals surface area contributed by atoms with Gasteiger partial charge in [-0.3, -0.25) is 0 Å². The SMILES string of the molecule is CCC(C)C(C)NCCC(C)(C)C(N)=NO. The average molecular weight is 229 g/mol. The van der Waals surface area contributed by atoms with Gasteiger partial charge in [0.05, 0.1) is 0 Å². The van der Waals surface area contributed by atoms with E-state index in [9.17, 15) is 0 Å². The van der Waals surface area contributed by atoms with E-state index in [1.165, 1.54) is 6.42 Å². The second kappa shape index (κ2) is 6.74. The summed E-state index contributed by atoms with van der Waals surface area (Å²) in [6, 6.07) is 0.507. The molecule has 0 aromatic heterocycles. The Morgan fingerprint density at radius 1 is 1.44 bits per heavy atom. The molecule has 0 fully saturated rings. The largest absolute Gasteiger partial charge is 0.409 e. The molecule has 4 heteroatoms. The molecule has 2 atom stereocenters. The van der Waals surface area contributed by atoms with Crippen molar-refractivity contribution < 1.29 is 5.21 Å². The summed E-state index contributed by atoms with van der Waals surface area (Å²) in [5, 5.41) is 15.2. The number of hydrogen-bond acceptors (Lipinski definition) is 3. The van der Waals surface area contributed by atoms with E-state index >= 15 is 0 Å². The average Bonchev–Trinajstić information content (AvgIpc) is 2.26. The van der Waals surface area contributed by atoms with Crippen LogP contribution in [0.3, 0.4) is 0 Å². The summed E-state index contributed by atoms with van der Waals surface area (Å²) in [5.74, 6) is 0.970. The van der Waals surface area contributed by atoms with Gasteiger partial charge in [-0.1, -0.05) is 39.3 Å². The van der Waals surface area contributed by atoms with Crippen LogP contribution in [0.25, 0.3) is 0 Å². The van der Waals surface area contributed by atoms with Crippen LogP contribution < -0.4 is 11.1 Å². The van der Waals surface area contributed by atoms with Crippen molar-refractivity contribution in [1.82, 2.24) is 5.32 Å². The summed E-state index contributed by atoms with van der Waals surface area (Å²) in [6.45, 7) is 11.5. The van der Waals surface area contributed by atoms with Crippen LogP contribution in [-0.2, 0) is 0 Å². The van der Waals surface area contributed by atoms with E-state index in [0.717, 1.165) is 13.0 Å². The molecule has 96 valence electrons. The lowest BCUT2D eigenvalue weighted by atomic mass is 9.88. The van der Waals surface area contributed by atoms with Gasteiger partial charge in [0.25, 0.3) is 0 Å². The fourth-order valence-corrected chi connectivity index (χ4v) is 1.43. The van der Waals surface area contributed by atoms with Gasteiger partial charge in [-0.25, -0.2) is 0 Å². The molecule has 0 aromatic carbocycles. The smallest absolute Gasteiger partial charge is 0.144 e. The minimum atomic E-state index is -0.253. The summed E-state index contributed by atoms with van der Waals surface area (Å²) in [6.07, 6.45) is 2.04. The van der Waals surface area contributed by atoms with Gasteiger partial charge >= 0.3 is 0 Å². The van der Waals surface area contributed by atoms with Crippen molar-refractivity contribution in [1.29, 1.82) is 0 Å². The molecule has 0 amide bonds. The first-order valence-corrected chi connectivity index (χ1v) is 6.06. The number of hydrogen-bond donors (Lipinski definition) is 3. The number of nitrogens with one attached hydrogen (secondary N) is 1. The van der Waals surface area contributed by atoms with E-state index in [-0.39, 0.29) is 5.41 Å². The molecule has 0 heterocycles. The molecule has 0 aliphatic carbocycles. The highest BCUT2D eigenvalue weighted by atomic mass is 16.4. The van der Waals surface area contributed by atoms with Crippen molar-refractivity contribution in [3.8, 4) is 0 Å². The highest BCUT2D eigenvalue weighted by Crippen LogP contribution is 2.19. The lowest BCUT2D eigenvalue weighted by molar-refractivity contribution is 0.302. The van der Waals surface area contributed by atoms with E-state index in [2.05, 4.69) is 31.2 Å². The first kappa shape index (κ1) is 15.2. The maximum atomic E-state index is 8.65. The van der Waals surface area contributed by atoms with Crippen molar-refractivity contribution in [2.75, 3.05) is 6.54 Å². The van der Waals surface area contributed by atoms with Crippen LogP contribution in [0.4, 0.5) is 0 Å². The summed E-state index contributed by atoms with van der Waals surface area (Å²) in [4.78, 5) is 0. The van der Waals surface area contributed by atoms with Gasteiger partial charge in [0.2, 0.25) is 0 Å². The topological polar surface area (TPSA) is 70.6 Å². The van der Waals surface area contributed by atoms with E-state index in [1.54, 1.807) is 0 Å². The zero-order valence-corrected chi connectivity index (χ0v) is 11.2. The Kier molecular flexibility index (Phi) is 6.41. The fraction of sp³-hybridized carbons (Fsp3) is 0.917. The Morgan fingerprint density at radius 3 is 2.44 bits per heavy atom. The Hall–Kier alpha value is -0.770. The molecule has 0 saturated heterocycles. The number of rotatable bonds is 7. The maximum Gasteiger partial charge on any atom is 0.144 e. The molecule has 0 aliphatic rings. The van der Waals surface area contributed by atoms with Gasteiger partial charge in [0.15, 0.2) is 0 Å². The molecule has 4 nitrogen and oxygen atoms in total. The summed E-state index contributed by atoms with van der Waals surface area (Å²) in [5.41, 5.74) is 5.37. The predicted molar refractivity (Wildman–Crippen MR) is 68.7 cm³/mol. The van der Waals surface area contributed by atoms with E-state index in [4.69, 9.17) is 10.9 Å². The van der Waals surface area contributed by atoms with Crippen molar-refractivity contribution >= 4 is 5.84 Å². The van der Waals surface area contributed by atoms with Crippen LogP contribution in [0, 0.1) is 11.3 Å². The lowest BCUT2D eigenvalue weighted by Gasteiger charge is -2.25. The fourth-order valence-electron chi connectivity index (χ4n) is 1.43. The number of oxime groups is 1. The van der Waals surface area contributed by atoms with Crippen molar-refractivity contribution in [2.24, 2.45) is 22.2 Å². The van der Waals surface area contributed by atoms with Gasteiger partial charge < -0.3 is 16.3 Å². The van der Waals surface area contributed by atoms with Gasteiger partial charge in [-0.05, 0) is 25.8 Å². The van der Waals surface area contributed by atoms with Crippen molar-refractivity contribution in [2.45, 2.75) is 53.5 Å². The quantitative estimate of drug-likeness (QED) is 0.271. The van der Waals surface area contributed by atoms with Crippen LogP contribution in [0.2, 0.25) is 0 Å². The minimum absolute atomic E-state index is 0.253. The summed E-state index contributed by atoms with van der Waals surface area (Å²) in [7, 11) is 0. The molecule has 0 saturated carbocycles. The molecule has 0 radical (unpaired) electrons. The third-order valence-corrected chi connectivity index (χ3v) is 3.51. The zero-order valence-electron chi connectivity index (χ0n) is 11.2. The van der Waals surface area contributed by atoms with Crippen LogP contribution in [0.5, 0.6) is 0 Å². The molecule has 2 unspecified atom stereocenters. The molecule has 0 aromatic rings. The highest BCUT2D eigenvalue weighted by Gasteiger charge is 2.23. The Labute approximate surface area is 99.3 Å². The van der Waals surface area contributed by atoms with Crippen LogP contribution in [-0.4, -0.2) is 23.6 Å². The third kappa shape index (κ3) is 4.84. The maximum absolute atomic E-state index is 8.65. The molecule has 4 N–H and O–H groups in total. The van der Waals surface area contributed by atoms with E-state index in [0.29, 0.717) is 17.8 Å². The monoisotopic (exact) mass is 229 g/mol. The molecule has 0 spiro atoms. The van der Waals surface area contributed by atoms with Crippen LogP contribution in [0.15, 0.2) is 5.16 Å². The molecule has 0 aliphatic heterocycles. The Balaban J connectivity index is 3.99. The standard InChI is InChI=1S/C12H27N3O/c1-6-9(2)10(3)14-8-7-12(4,5)11(13)15-16/h9-10,14,16H,6-8H2,1-5H3,(H2,13,15). The highest BCUT2D eigenvalue weighted by molar-refractivity contribution is 5.85. The number of nitrogens with two attached hydrogens (primary N) is 1. The number of nitrogens with zero attached hydrogens (tertiary/aromatic N) is 1. The summed E-state index contributed by atoms with van der Waals surface area (Å²) < 4.78 is 0. The zero-order chi connectivity index (χ0) is 12.8. The van der Waals surface area contributed by atoms with Crippen LogP contribution in [0.1, 0.15) is 47.5 Å². The second-order valence-electron chi connectivity index (χ2n) is 5.25. The lowest BCUT2D eigenvalue weighted by Crippen LogP contribution is -2.38. The molecular weight excluding hydrogens is 202 g/mol.